The number of furan rings is 1. The molecule has 68 valence electrons. The molecule has 1 N–H and O–H groups in total. The Balaban J connectivity index is 2.49. The molecule has 0 aliphatic carbocycles. The number of nitrogens with one attached hydrogen (secondary N) is 1. The third-order valence-electron chi connectivity index (χ3n) is 2.07. The first-order valence-electron chi connectivity index (χ1n) is 4.43. The first-order valence-corrected chi connectivity index (χ1v) is 4.43. The molecule has 2 aromatic rings. The molecule has 0 fully saturated rings. The molecule has 0 saturated carbocycles. The average Bonchev–Trinajstić information content (AvgIpc) is 2.46. The van der Waals surface area contributed by atoms with Crippen LogP contribution >= 0.6 is 0 Å². The van der Waals surface area contributed by atoms with Crippen molar-refractivity contribution in [3.05, 3.63) is 35.6 Å². The summed E-state index contributed by atoms with van der Waals surface area (Å²) in [5, 5.41) is 4.25. The Morgan fingerprint density at radius 3 is 2.92 bits per heavy atom. The van der Waals surface area contributed by atoms with Crippen LogP contribution in [0.4, 0.5) is 0 Å². The van der Waals surface area contributed by atoms with E-state index < -0.39 is 0 Å². The van der Waals surface area contributed by atoms with E-state index >= 15 is 0 Å². The smallest absolute Gasteiger partial charge is 0.134 e. The van der Waals surface area contributed by atoms with Gasteiger partial charge in [-0.3, -0.25) is 0 Å². The number of hydrogen-bond donors (Lipinski definition) is 1. The lowest BCUT2D eigenvalue weighted by atomic mass is 10.2. The second-order valence-electron chi connectivity index (χ2n) is 3.28. The van der Waals surface area contributed by atoms with Gasteiger partial charge in [0.2, 0.25) is 0 Å². The summed E-state index contributed by atoms with van der Waals surface area (Å²) in [5.74, 6) is 0.989. The molecule has 0 radical (unpaired) electrons. The van der Waals surface area contributed by atoms with Crippen molar-refractivity contribution in [3.8, 4) is 0 Å². The van der Waals surface area contributed by atoms with Gasteiger partial charge in [0.05, 0.1) is 6.54 Å². The molecule has 0 aliphatic heterocycles. The van der Waals surface area contributed by atoms with Crippen molar-refractivity contribution in [2.45, 2.75) is 13.5 Å². The Morgan fingerprint density at radius 1 is 1.31 bits per heavy atom. The summed E-state index contributed by atoms with van der Waals surface area (Å²) >= 11 is 0. The molecule has 1 heterocycles. The van der Waals surface area contributed by atoms with Gasteiger partial charge in [-0.15, -0.1) is 0 Å². The van der Waals surface area contributed by atoms with Gasteiger partial charge in [0.1, 0.15) is 11.3 Å². The van der Waals surface area contributed by atoms with E-state index in [2.05, 4.69) is 30.4 Å². The second kappa shape index (κ2) is 3.23. The fourth-order valence-corrected chi connectivity index (χ4v) is 1.48. The van der Waals surface area contributed by atoms with Crippen LogP contribution in [0.5, 0.6) is 0 Å². The minimum absolute atomic E-state index is 0.785. The van der Waals surface area contributed by atoms with Crippen molar-refractivity contribution in [2.75, 3.05) is 7.05 Å². The van der Waals surface area contributed by atoms with Gasteiger partial charge in [-0.05, 0) is 32.2 Å². The molecule has 0 aliphatic rings. The van der Waals surface area contributed by atoms with Crippen LogP contribution in [0.25, 0.3) is 11.0 Å². The van der Waals surface area contributed by atoms with Crippen LogP contribution in [0.3, 0.4) is 0 Å². The third-order valence-corrected chi connectivity index (χ3v) is 2.07. The van der Waals surface area contributed by atoms with Crippen LogP contribution in [0, 0.1) is 6.92 Å². The molecule has 2 nitrogen and oxygen atoms in total. The highest BCUT2D eigenvalue weighted by molar-refractivity contribution is 5.78. The number of benzene rings is 1. The lowest BCUT2D eigenvalue weighted by Crippen LogP contribution is -2.03. The van der Waals surface area contributed by atoms with Crippen molar-refractivity contribution >= 4 is 11.0 Å². The second-order valence-corrected chi connectivity index (χ2v) is 3.28. The zero-order valence-corrected chi connectivity index (χ0v) is 7.92. The van der Waals surface area contributed by atoms with Crippen molar-refractivity contribution < 1.29 is 4.42 Å². The molecule has 1 aromatic carbocycles. The number of hydrogen-bond acceptors (Lipinski definition) is 2. The Morgan fingerprint density at radius 2 is 2.15 bits per heavy atom. The van der Waals surface area contributed by atoms with E-state index in [1.54, 1.807) is 0 Å². The van der Waals surface area contributed by atoms with E-state index in [-0.39, 0.29) is 0 Å². The summed E-state index contributed by atoms with van der Waals surface area (Å²) in [6.45, 7) is 2.87. The van der Waals surface area contributed by atoms with Crippen LogP contribution in [-0.4, -0.2) is 7.05 Å². The van der Waals surface area contributed by atoms with Crippen LogP contribution in [0.2, 0.25) is 0 Å². The molecular formula is C11H13NO. The van der Waals surface area contributed by atoms with Gasteiger partial charge in [-0.2, -0.15) is 0 Å². The first-order chi connectivity index (χ1) is 6.29. The van der Waals surface area contributed by atoms with Crippen molar-refractivity contribution in [2.24, 2.45) is 0 Å². The predicted octanol–water partition coefficient (Wildman–Crippen LogP) is 2.46. The number of aryl methyl sites for hydroxylation is 1. The molecular weight excluding hydrogens is 162 g/mol. The van der Waals surface area contributed by atoms with Gasteiger partial charge in [-0.1, -0.05) is 11.6 Å². The Labute approximate surface area is 77.6 Å². The summed E-state index contributed by atoms with van der Waals surface area (Å²) in [6.07, 6.45) is 0. The van der Waals surface area contributed by atoms with Crippen molar-refractivity contribution in [1.82, 2.24) is 5.32 Å². The zero-order valence-electron chi connectivity index (χ0n) is 7.92. The largest absolute Gasteiger partial charge is 0.460 e. The maximum Gasteiger partial charge on any atom is 0.134 e. The third kappa shape index (κ3) is 1.58. The van der Waals surface area contributed by atoms with E-state index in [4.69, 9.17) is 4.42 Å². The van der Waals surface area contributed by atoms with Gasteiger partial charge < -0.3 is 9.73 Å². The lowest BCUT2D eigenvalue weighted by molar-refractivity contribution is 0.531. The molecule has 2 rings (SSSR count). The standard InChI is InChI=1S/C11H13NO/c1-8-3-4-11-9(5-8)6-10(13-11)7-12-2/h3-6,12H,7H2,1-2H3. The molecule has 0 atom stereocenters. The van der Waals surface area contributed by atoms with Crippen LogP contribution in [0.15, 0.2) is 28.7 Å². The quantitative estimate of drug-likeness (QED) is 0.758. The van der Waals surface area contributed by atoms with Crippen LogP contribution in [-0.2, 0) is 6.54 Å². The zero-order chi connectivity index (χ0) is 9.26. The summed E-state index contributed by atoms with van der Waals surface area (Å²) in [4.78, 5) is 0. The molecule has 0 saturated heterocycles. The van der Waals surface area contributed by atoms with E-state index in [1.165, 1.54) is 10.9 Å². The average molecular weight is 175 g/mol. The Bertz CT molecular complexity index is 417. The summed E-state index contributed by atoms with van der Waals surface area (Å²) in [6, 6.07) is 8.30. The predicted molar refractivity (Wildman–Crippen MR) is 53.7 cm³/mol. The van der Waals surface area contributed by atoms with Gasteiger partial charge in [0.25, 0.3) is 0 Å². The van der Waals surface area contributed by atoms with Gasteiger partial charge in [0, 0.05) is 5.39 Å². The van der Waals surface area contributed by atoms with E-state index in [0.717, 1.165) is 17.9 Å². The summed E-state index contributed by atoms with van der Waals surface area (Å²) in [7, 11) is 1.92. The Kier molecular flexibility index (Phi) is 2.07. The fourth-order valence-electron chi connectivity index (χ4n) is 1.48. The number of fused-ring (bicyclic) bond motifs is 1. The summed E-state index contributed by atoms with van der Waals surface area (Å²) in [5.41, 5.74) is 2.24. The van der Waals surface area contributed by atoms with Gasteiger partial charge >= 0.3 is 0 Å². The minimum Gasteiger partial charge on any atom is -0.460 e. The van der Waals surface area contributed by atoms with Gasteiger partial charge in [0.15, 0.2) is 0 Å². The fraction of sp³-hybridized carbons (Fsp3) is 0.273. The maximum atomic E-state index is 5.60. The molecule has 13 heavy (non-hydrogen) atoms. The minimum atomic E-state index is 0.785. The SMILES string of the molecule is CNCc1cc2cc(C)ccc2o1. The molecule has 0 amide bonds. The van der Waals surface area contributed by atoms with E-state index in [1.807, 2.05) is 13.1 Å². The van der Waals surface area contributed by atoms with Gasteiger partial charge in [-0.25, -0.2) is 0 Å². The van der Waals surface area contributed by atoms with E-state index in [0.29, 0.717) is 0 Å². The number of rotatable bonds is 2. The molecule has 0 spiro atoms. The highest BCUT2D eigenvalue weighted by Gasteiger charge is 2.01. The van der Waals surface area contributed by atoms with Crippen LogP contribution < -0.4 is 5.32 Å². The summed E-state index contributed by atoms with van der Waals surface area (Å²) < 4.78 is 5.60. The van der Waals surface area contributed by atoms with E-state index in [9.17, 15) is 0 Å². The van der Waals surface area contributed by atoms with Crippen molar-refractivity contribution in [1.29, 1.82) is 0 Å². The van der Waals surface area contributed by atoms with Crippen LogP contribution in [0.1, 0.15) is 11.3 Å². The highest BCUT2D eigenvalue weighted by atomic mass is 16.3. The van der Waals surface area contributed by atoms with Crippen molar-refractivity contribution in [3.63, 3.8) is 0 Å². The highest BCUT2D eigenvalue weighted by Crippen LogP contribution is 2.20. The lowest BCUT2D eigenvalue weighted by Gasteiger charge is -1.90. The Hall–Kier alpha value is -1.28. The maximum absolute atomic E-state index is 5.60. The topological polar surface area (TPSA) is 25.2 Å². The molecule has 2 heteroatoms. The normalized spacial score (nSPS) is 10.9. The molecule has 0 unspecified atom stereocenters. The first kappa shape index (κ1) is 8.32. The molecule has 0 bridgehead atoms. The molecule has 1 aromatic heterocycles. The monoisotopic (exact) mass is 175 g/mol.